The van der Waals surface area contributed by atoms with E-state index in [-0.39, 0.29) is 5.91 Å². The maximum atomic E-state index is 12.6. The van der Waals surface area contributed by atoms with Crippen molar-refractivity contribution in [3.05, 3.63) is 66.3 Å². The number of benzene rings is 1. The first kappa shape index (κ1) is 16.9. The van der Waals surface area contributed by atoms with Gasteiger partial charge in [-0.1, -0.05) is 12.1 Å². The Labute approximate surface area is 159 Å². The van der Waals surface area contributed by atoms with E-state index in [4.69, 9.17) is 5.73 Å². The van der Waals surface area contributed by atoms with Gasteiger partial charge < -0.3 is 11.1 Å². The van der Waals surface area contributed by atoms with Gasteiger partial charge in [0.2, 0.25) is 0 Å². The van der Waals surface area contributed by atoms with Gasteiger partial charge in [-0.2, -0.15) is 5.10 Å². The first-order valence-corrected chi connectivity index (χ1v) is 9.03. The number of hydrogen-bond acceptors (Lipinski definition) is 6. The van der Waals surface area contributed by atoms with Crippen molar-refractivity contribution >= 4 is 28.6 Å². The van der Waals surface area contributed by atoms with E-state index >= 15 is 0 Å². The lowest BCUT2D eigenvalue weighted by Crippen LogP contribution is -2.14. The van der Waals surface area contributed by atoms with Gasteiger partial charge in [-0.15, -0.1) is 11.3 Å². The van der Waals surface area contributed by atoms with Crippen molar-refractivity contribution < 1.29 is 4.79 Å². The second-order valence-electron chi connectivity index (χ2n) is 5.96. The molecule has 3 heterocycles. The lowest BCUT2D eigenvalue weighted by atomic mass is 10.1. The van der Waals surface area contributed by atoms with Gasteiger partial charge in [0.1, 0.15) is 5.69 Å². The third kappa shape index (κ3) is 3.56. The van der Waals surface area contributed by atoms with E-state index in [0.29, 0.717) is 17.1 Å². The number of anilines is 2. The molecule has 0 saturated heterocycles. The Hall–Kier alpha value is -3.52. The highest BCUT2D eigenvalue weighted by Crippen LogP contribution is 2.29. The van der Waals surface area contributed by atoms with Crippen LogP contribution in [-0.4, -0.2) is 25.7 Å². The first-order valence-electron chi connectivity index (χ1n) is 8.15. The zero-order chi connectivity index (χ0) is 18.8. The molecule has 1 aromatic carbocycles. The molecule has 4 aromatic rings. The van der Waals surface area contributed by atoms with Crippen LogP contribution < -0.4 is 11.1 Å². The number of amides is 1. The molecule has 0 radical (unpaired) electrons. The molecule has 134 valence electrons. The van der Waals surface area contributed by atoms with E-state index in [1.54, 1.807) is 40.9 Å². The third-order valence-corrected chi connectivity index (χ3v) is 4.87. The molecular weight excluding hydrogens is 360 g/mol. The highest BCUT2D eigenvalue weighted by Gasteiger charge is 2.12. The van der Waals surface area contributed by atoms with Crippen molar-refractivity contribution in [3.8, 4) is 21.6 Å². The quantitative estimate of drug-likeness (QED) is 0.532. The largest absolute Gasteiger partial charge is 0.397 e. The van der Waals surface area contributed by atoms with Gasteiger partial charge >= 0.3 is 0 Å². The van der Waals surface area contributed by atoms with Crippen LogP contribution in [0.3, 0.4) is 0 Å². The van der Waals surface area contributed by atoms with Crippen LogP contribution in [0.15, 0.2) is 60.6 Å². The van der Waals surface area contributed by atoms with E-state index in [2.05, 4.69) is 20.4 Å². The molecule has 0 unspecified atom stereocenters. The van der Waals surface area contributed by atoms with Crippen LogP contribution in [0, 0.1) is 0 Å². The summed E-state index contributed by atoms with van der Waals surface area (Å²) in [6.45, 7) is 0. The van der Waals surface area contributed by atoms with Crippen LogP contribution in [0.2, 0.25) is 0 Å². The van der Waals surface area contributed by atoms with E-state index in [0.717, 1.165) is 21.6 Å². The molecule has 0 saturated carbocycles. The van der Waals surface area contributed by atoms with E-state index in [9.17, 15) is 4.79 Å². The number of carbonyl (C=O) groups excluding carboxylic acids is 1. The summed E-state index contributed by atoms with van der Waals surface area (Å²) in [6.07, 6.45) is 7.08. The number of nitrogens with zero attached hydrogens (tertiary/aromatic N) is 4. The molecule has 0 bridgehead atoms. The van der Waals surface area contributed by atoms with Gasteiger partial charge in [0.05, 0.1) is 28.0 Å². The van der Waals surface area contributed by atoms with Gasteiger partial charge in [0, 0.05) is 36.8 Å². The highest BCUT2D eigenvalue weighted by atomic mass is 32.1. The predicted octanol–water partition coefficient (Wildman–Crippen LogP) is 3.44. The Morgan fingerprint density at radius 2 is 1.96 bits per heavy atom. The molecule has 1 amide bonds. The second-order valence-corrected chi connectivity index (χ2v) is 6.84. The van der Waals surface area contributed by atoms with Crippen LogP contribution in [0.4, 0.5) is 11.4 Å². The predicted molar refractivity (Wildman–Crippen MR) is 106 cm³/mol. The molecule has 3 aromatic heterocycles. The zero-order valence-electron chi connectivity index (χ0n) is 14.5. The Kier molecular flexibility index (Phi) is 4.39. The number of thiazole rings is 1. The monoisotopic (exact) mass is 376 g/mol. The van der Waals surface area contributed by atoms with Crippen LogP contribution in [0.5, 0.6) is 0 Å². The summed E-state index contributed by atoms with van der Waals surface area (Å²) in [4.78, 5) is 21.9. The van der Waals surface area contributed by atoms with Crippen LogP contribution in [0.25, 0.3) is 21.6 Å². The normalized spacial score (nSPS) is 10.7. The standard InChI is InChI=1S/C19H16N6OS/c1-25-10-14(8-23-25)13-3-5-16(22-7-13)19(26)24-17-6-12(2-4-15(17)20)18-9-21-11-27-18/h2-11H,20H2,1H3,(H,24,26). The van der Waals surface area contributed by atoms with Crippen LogP contribution in [0.1, 0.15) is 10.5 Å². The molecule has 0 spiro atoms. The fourth-order valence-corrected chi connectivity index (χ4v) is 3.25. The van der Waals surface area contributed by atoms with E-state index in [1.165, 1.54) is 11.3 Å². The molecule has 3 N–H and O–H groups in total. The number of carbonyl (C=O) groups is 1. The topological polar surface area (TPSA) is 98.7 Å². The minimum absolute atomic E-state index is 0.310. The molecule has 0 aliphatic rings. The lowest BCUT2D eigenvalue weighted by molar-refractivity contribution is 0.102. The molecule has 0 atom stereocenters. The number of pyridine rings is 1. The van der Waals surface area contributed by atoms with Crippen molar-refractivity contribution in [1.82, 2.24) is 19.7 Å². The van der Waals surface area contributed by atoms with Gasteiger partial charge in [-0.3, -0.25) is 19.4 Å². The van der Waals surface area contributed by atoms with E-state index in [1.807, 2.05) is 31.4 Å². The lowest BCUT2D eigenvalue weighted by Gasteiger charge is -2.10. The average Bonchev–Trinajstić information content (AvgIpc) is 3.35. The molecule has 0 aliphatic carbocycles. The summed E-state index contributed by atoms with van der Waals surface area (Å²) in [7, 11) is 1.85. The van der Waals surface area contributed by atoms with Crippen molar-refractivity contribution in [2.24, 2.45) is 7.05 Å². The maximum absolute atomic E-state index is 12.6. The fraction of sp³-hybridized carbons (Fsp3) is 0.0526. The first-order chi connectivity index (χ1) is 13.1. The Morgan fingerprint density at radius 3 is 2.63 bits per heavy atom. The summed E-state index contributed by atoms with van der Waals surface area (Å²) in [5.74, 6) is -0.319. The number of hydrogen-bond donors (Lipinski definition) is 2. The Morgan fingerprint density at radius 1 is 1.11 bits per heavy atom. The molecule has 8 heteroatoms. The third-order valence-electron chi connectivity index (χ3n) is 4.05. The van der Waals surface area contributed by atoms with Gasteiger partial charge in [-0.25, -0.2) is 0 Å². The van der Waals surface area contributed by atoms with Crippen molar-refractivity contribution in [3.63, 3.8) is 0 Å². The van der Waals surface area contributed by atoms with Crippen molar-refractivity contribution in [2.75, 3.05) is 11.1 Å². The number of nitrogens with two attached hydrogens (primary N) is 1. The minimum atomic E-state index is -0.319. The Balaban J connectivity index is 1.54. The van der Waals surface area contributed by atoms with E-state index < -0.39 is 0 Å². The van der Waals surface area contributed by atoms with Crippen molar-refractivity contribution in [1.29, 1.82) is 0 Å². The smallest absolute Gasteiger partial charge is 0.274 e. The molecule has 7 nitrogen and oxygen atoms in total. The number of rotatable bonds is 4. The summed E-state index contributed by atoms with van der Waals surface area (Å²) < 4.78 is 1.72. The Bertz CT molecular complexity index is 1090. The summed E-state index contributed by atoms with van der Waals surface area (Å²) >= 11 is 1.52. The summed E-state index contributed by atoms with van der Waals surface area (Å²) in [5.41, 5.74) is 11.9. The summed E-state index contributed by atoms with van der Waals surface area (Å²) in [5, 5.41) is 6.97. The minimum Gasteiger partial charge on any atom is -0.397 e. The zero-order valence-corrected chi connectivity index (χ0v) is 15.3. The summed E-state index contributed by atoms with van der Waals surface area (Å²) in [6, 6.07) is 9.03. The highest BCUT2D eigenvalue weighted by molar-refractivity contribution is 7.13. The number of aromatic nitrogens is 4. The van der Waals surface area contributed by atoms with Gasteiger partial charge in [0.15, 0.2) is 0 Å². The fourth-order valence-electron chi connectivity index (χ4n) is 2.63. The number of nitrogens with one attached hydrogen (secondary N) is 1. The SMILES string of the molecule is Cn1cc(-c2ccc(C(=O)Nc3cc(-c4cncs4)ccc3N)nc2)cn1. The van der Waals surface area contributed by atoms with Crippen LogP contribution >= 0.6 is 11.3 Å². The second kappa shape index (κ2) is 7.00. The molecule has 0 aliphatic heterocycles. The van der Waals surface area contributed by atoms with Gasteiger partial charge in [-0.05, 0) is 23.8 Å². The maximum Gasteiger partial charge on any atom is 0.274 e. The number of nitrogen functional groups attached to an aromatic ring is 1. The van der Waals surface area contributed by atoms with Gasteiger partial charge in [0.25, 0.3) is 5.91 Å². The van der Waals surface area contributed by atoms with Crippen LogP contribution in [-0.2, 0) is 7.05 Å². The molecule has 27 heavy (non-hydrogen) atoms. The average molecular weight is 376 g/mol. The van der Waals surface area contributed by atoms with Crippen molar-refractivity contribution in [2.45, 2.75) is 0 Å². The number of aryl methyl sites for hydroxylation is 1. The molecular formula is C19H16N6OS. The molecule has 4 rings (SSSR count). The molecule has 0 fully saturated rings.